The number of carbonyl (C=O) groups excluding carboxylic acids is 1. The van der Waals surface area contributed by atoms with E-state index in [0.717, 1.165) is 54.0 Å². The number of aryl methyl sites for hydroxylation is 1. The maximum Gasteiger partial charge on any atom is 0.322 e. The van der Waals surface area contributed by atoms with Crippen molar-refractivity contribution < 1.29 is 4.79 Å². The number of piperidine rings is 1. The number of nitrogens with zero attached hydrogens (tertiary/aromatic N) is 2. The van der Waals surface area contributed by atoms with Crippen LogP contribution < -0.4 is 10.6 Å². The molecule has 0 aromatic heterocycles. The van der Waals surface area contributed by atoms with Crippen LogP contribution in [-0.2, 0) is 13.1 Å². The quantitative estimate of drug-likeness (QED) is 0.367. The number of likely N-dealkylation sites (tertiary alicyclic amines) is 1. The minimum absolute atomic E-state index is 0.0334. The van der Waals surface area contributed by atoms with Gasteiger partial charge >= 0.3 is 6.03 Å². The van der Waals surface area contributed by atoms with Gasteiger partial charge in [0.05, 0.1) is 0 Å². The zero-order chi connectivity index (χ0) is 25.2. The smallest absolute Gasteiger partial charge is 0.322 e. The highest BCUT2D eigenvalue weighted by atomic mass is 16.2. The maximum atomic E-state index is 13.6. The van der Waals surface area contributed by atoms with Crippen LogP contribution in [0.3, 0.4) is 0 Å². The molecule has 1 aliphatic heterocycles. The first-order valence-electron chi connectivity index (χ1n) is 12.9. The summed E-state index contributed by atoms with van der Waals surface area (Å²) in [5.74, 6) is 0. The molecule has 2 aromatic carbocycles. The largest absolute Gasteiger partial charge is 0.381 e. The summed E-state index contributed by atoms with van der Waals surface area (Å²) in [5.41, 5.74) is 5.08. The molecule has 1 atom stereocenters. The van der Waals surface area contributed by atoms with E-state index in [4.69, 9.17) is 0 Å². The van der Waals surface area contributed by atoms with E-state index < -0.39 is 0 Å². The van der Waals surface area contributed by atoms with Gasteiger partial charge in [0.2, 0.25) is 0 Å². The molecule has 35 heavy (non-hydrogen) atoms. The molecule has 0 saturated carbocycles. The molecule has 1 unspecified atom stereocenters. The third-order valence-corrected chi connectivity index (χ3v) is 7.01. The first kappa shape index (κ1) is 26.6. The molecular formula is C30H42N4O. The molecule has 2 N–H and O–H groups in total. The van der Waals surface area contributed by atoms with Crippen molar-refractivity contribution in [2.24, 2.45) is 0 Å². The molecule has 5 nitrogen and oxygen atoms in total. The van der Waals surface area contributed by atoms with Crippen molar-refractivity contribution in [1.29, 1.82) is 0 Å². The number of hydrogen-bond acceptors (Lipinski definition) is 3. The van der Waals surface area contributed by atoms with Crippen LogP contribution >= 0.6 is 0 Å². The second kappa shape index (κ2) is 13.1. The number of carbonyl (C=O) groups is 1. The van der Waals surface area contributed by atoms with Crippen molar-refractivity contribution in [3.63, 3.8) is 0 Å². The highest BCUT2D eigenvalue weighted by Gasteiger charge is 2.30. The lowest BCUT2D eigenvalue weighted by Crippen LogP contribution is -2.50. The van der Waals surface area contributed by atoms with Crippen LogP contribution in [0, 0.1) is 6.92 Å². The predicted octanol–water partition coefficient (Wildman–Crippen LogP) is 6.47. The van der Waals surface area contributed by atoms with E-state index in [9.17, 15) is 4.79 Å². The zero-order valence-corrected chi connectivity index (χ0v) is 21.7. The molecular weight excluding hydrogens is 432 g/mol. The number of benzene rings is 2. The summed E-state index contributed by atoms with van der Waals surface area (Å²) in [6.45, 7) is 17.6. The topological polar surface area (TPSA) is 47.6 Å². The normalized spacial score (nSPS) is 15.3. The van der Waals surface area contributed by atoms with Gasteiger partial charge in [0, 0.05) is 49.6 Å². The summed E-state index contributed by atoms with van der Waals surface area (Å²) in [4.78, 5) is 18.3. The van der Waals surface area contributed by atoms with Crippen LogP contribution in [-0.4, -0.2) is 41.0 Å². The van der Waals surface area contributed by atoms with Crippen molar-refractivity contribution >= 4 is 11.7 Å². The Morgan fingerprint density at radius 2 is 1.89 bits per heavy atom. The Bertz CT molecular complexity index is 993. The van der Waals surface area contributed by atoms with Crippen molar-refractivity contribution in [1.82, 2.24) is 15.1 Å². The Hall–Kier alpha value is -3.05. The van der Waals surface area contributed by atoms with Crippen molar-refractivity contribution in [3.8, 4) is 0 Å². The maximum absolute atomic E-state index is 13.6. The highest BCUT2D eigenvalue weighted by Crippen LogP contribution is 2.24. The molecule has 5 heteroatoms. The van der Waals surface area contributed by atoms with Crippen LogP contribution in [0.15, 0.2) is 73.5 Å². The highest BCUT2D eigenvalue weighted by molar-refractivity contribution is 5.89. The van der Waals surface area contributed by atoms with Crippen molar-refractivity contribution in [2.75, 3.05) is 18.4 Å². The SMILES string of the molecule is C=CC(=C)NCc1ccccc1CN(C(=O)Nc1cccc(C)c1)C1CCN(C(C)CCC)CC1. The second-order valence-corrected chi connectivity index (χ2v) is 9.68. The van der Waals surface area contributed by atoms with E-state index in [1.807, 2.05) is 48.2 Å². The molecule has 1 aliphatic rings. The lowest BCUT2D eigenvalue weighted by molar-refractivity contribution is 0.0988. The fourth-order valence-corrected chi connectivity index (χ4v) is 4.87. The van der Waals surface area contributed by atoms with Gasteiger partial charge in [-0.05, 0) is 68.0 Å². The average Bonchev–Trinajstić information content (AvgIpc) is 2.86. The Labute approximate surface area is 211 Å². The van der Waals surface area contributed by atoms with E-state index in [2.05, 4.69) is 54.7 Å². The molecule has 0 aliphatic carbocycles. The summed E-state index contributed by atoms with van der Waals surface area (Å²) in [6.07, 6.45) is 6.12. The molecule has 0 radical (unpaired) electrons. The zero-order valence-electron chi connectivity index (χ0n) is 21.7. The van der Waals surface area contributed by atoms with Gasteiger partial charge in [0.25, 0.3) is 0 Å². The predicted molar refractivity (Wildman–Crippen MR) is 147 cm³/mol. The summed E-state index contributed by atoms with van der Waals surface area (Å²) in [6, 6.07) is 17.1. The Balaban J connectivity index is 1.79. The van der Waals surface area contributed by atoms with Crippen LogP contribution in [0.1, 0.15) is 56.2 Å². The third kappa shape index (κ3) is 7.72. The van der Waals surface area contributed by atoms with E-state index >= 15 is 0 Å². The van der Waals surface area contributed by atoms with E-state index in [1.54, 1.807) is 6.08 Å². The number of amides is 2. The number of anilines is 1. The molecule has 3 rings (SSSR count). The van der Waals surface area contributed by atoms with E-state index in [1.165, 1.54) is 12.8 Å². The third-order valence-electron chi connectivity index (χ3n) is 7.01. The van der Waals surface area contributed by atoms with E-state index in [0.29, 0.717) is 19.1 Å². The monoisotopic (exact) mass is 474 g/mol. The number of allylic oxidation sites excluding steroid dienone is 1. The fraction of sp³-hybridized carbons (Fsp3) is 0.433. The number of rotatable bonds is 11. The second-order valence-electron chi connectivity index (χ2n) is 9.68. The van der Waals surface area contributed by atoms with Gasteiger partial charge in [-0.15, -0.1) is 0 Å². The molecule has 188 valence electrons. The van der Waals surface area contributed by atoms with Gasteiger partial charge in [-0.25, -0.2) is 4.79 Å². The Morgan fingerprint density at radius 3 is 2.54 bits per heavy atom. The number of nitrogens with one attached hydrogen (secondary N) is 2. The van der Waals surface area contributed by atoms with Gasteiger partial charge in [-0.1, -0.05) is 62.9 Å². The first-order chi connectivity index (χ1) is 16.9. The minimum Gasteiger partial charge on any atom is -0.381 e. The fourth-order valence-electron chi connectivity index (χ4n) is 4.87. The lowest BCUT2D eigenvalue weighted by Gasteiger charge is -2.41. The Kier molecular flexibility index (Phi) is 9.98. The number of hydrogen-bond donors (Lipinski definition) is 2. The summed E-state index contributed by atoms with van der Waals surface area (Å²) >= 11 is 0. The molecule has 1 fully saturated rings. The standard InChI is InChI=1S/C30H42N4O/c1-6-11-25(5)33-18-16-29(17-19-33)34(30(35)32-28-15-10-12-23(3)20-28)22-27-14-9-8-13-26(27)21-31-24(4)7-2/h7-10,12-15,20,25,29,31H,2,4,6,11,16-19,21-22H2,1,3,5H3,(H,32,35). The average molecular weight is 475 g/mol. The molecule has 1 heterocycles. The van der Waals surface area contributed by atoms with E-state index in [-0.39, 0.29) is 12.1 Å². The molecule has 2 aromatic rings. The van der Waals surface area contributed by atoms with Gasteiger partial charge in [-0.3, -0.25) is 0 Å². The summed E-state index contributed by atoms with van der Waals surface area (Å²) < 4.78 is 0. The van der Waals surface area contributed by atoms with Gasteiger partial charge in [-0.2, -0.15) is 0 Å². The van der Waals surface area contributed by atoms with Gasteiger partial charge < -0.3 is 20.4 Å². The van der Waals surface area contributed by atoms with Crippen LogP contribution in [0.2, 0.25) is 0 Å². The summed E-state index contributed by atoms with van der Waals surface area (Å²) in [7, 11) is 0. The van der Waals surface area contributed by atoms with Crippen molar-refractivity contribution in [3.05, 3.63) is 90.2 Å². The van der Waals surface area contributed by atoms with Crippen molar-refractivity contribution in [2.45, 2.75) is 71.6 Å². The molecule has 0 spiro atoms. The Morgan fingerprint density at radius 1 is 1.17 bits per heavy atom. The van der Waals surface area contributed by atoms with Gasteiger partial charge in [0.1, 0.15) is 0 Å². The van der Waals surface area contributed by atoms with Gasteiger partial charge in [0.15, 0.2) is 0 Å². The first-order valence-corrected chi connectivity index (χ1v) is 12.9. The molecule has 0 bridgehead atoms. The minimum atomic E-state index is -0.0334. The summed E-state index contributed by atoms with van der Waals surface area (Å²) in [5, 5.41) is 6.47. The lowest BCUT2D eigenvalue weighted by atomic mass is 9.99. The number of urea groups is 1. The molecule has 2 amide bonds. The van der Waals surface area contributed by atoms with Crippen LogP contribution in [0.4, 0.5) is 10.5 Å². The van der Waals surface area contributed by atoms with Crippen LogP contribution in [0.25, 0.3) is 0 Å². The van der Waals surface area contributed by atoms with Crippen LogP contribution in [0.5, 0.6) is 0 Å². The molecule has 1 saturated heterocycles.